The second-order valence-electron chi connectivity index (χ2n) is 4.99. The maximum atomic E-state index is 11.6. The van der Waals surface area contributed by atoms with Crippen molar-refractivity contribution in [3.8, 4) is 0 Å². The summed E-state index contributed by atoms with van der Waals surface area (Å²) in [6.45, 7) is 8.74. The molecule has 0 aliphatic heterocycles. The summed E-state index contributed by atoms with van der Waals surface area (Å²) in [5.74, 6) is -1.10. The van der Waals surface area contributed by atoms with Crippen LogP contribution in [0.5, 0.6) is 0 Å². The lowest BCUT2D eigenvalue weighted by Crippen LogP contribution is -2.27. The molecule has 102 valence electrons. The summed E-state index contributed by atoms with van der Waals surface area (Å²) in [6.07, 6.45) is -0.592. The Hall–Kier alpha value is -2.30. The maximum Gasteiger partial charge on any atom is 0.412 e. The first kappa shape index (κ1) is 14.8. The Morgan fingerprint density at radius 2 is 1.95 bits per heavy atom. The first-order valence-corrected chi connectivity index (χ1v) is 5.72. The first-order chi connectivity index (χ1) is 8.69. The fraction of sp³-hybridized carbons (Fsp3) is 0.286. The molecule has 1 aromatic rings. The lowest BCUT2D eigenvalue weighted by molar-refractivity contribution is -0.130. The number of benzene rings is 1. The summed E-state index contributed by atoms with van der Waals surface area (Å²) >= 11 is 0. The molecule has 1 rings (SSSR count). The standard InChI is InChI=1S/C14H17NO4/c1-9(12(16)17)10-6-5-7-11(8-10)15-13(18)19-14(2,3)4/h5-8H,1H2,2-4H3,(H,15,18)(H,16,17). The summed E-state index contributed by atoms with van der Waals surface area (Å²) in [4.78, 5) is 22.4. The van der Waals surface area contributed by atoms with Crippen LogP contribution in [0.25, 0.3) is 5.57 Å². The van der Waals surface area contributed by atoms with Gasteiger partial charge in [-0.3, -0.25) is 5.32 Å². The van der Waals surface area contributed by atoms with E-state index in [0.29, 0.717) is 11.3 Å². The van der Waals surface area contributed by atoms with E-state index in [4.69, 9.17) is 9.84 Å². The van der Waals surface area contributed by atoms with Crippen LogP contribution in [0.2, 0.25) is 0 Å². The molecule has 0 saturated carbocycles. The van der Waals surface area contributed by atoms with Gasteiger partial charge in [0.25, 0.3) is 0 Å². The lowest BCUT2D eigenvalue weighted by atomic mass is 10.1. The minimum absolute atomic E-state index is 0.0344. The highest BCUT2D eigenvalue weighted by Crippen LogP contribution is 2.18. The molecule has 5 nitrogen and oxygen atoms in total. The minimum Gasteiger partial charge on any atom is -0.478 e. The number of nitrogens with one attached hydrogen (secondary N) is 1. The Morgan fingerprint density at radius 1 is 1.32 bits per heavy atom. The van der Waals surface area contributed by atoms with Crippen LogP contribution in [-0.2, 0) is 9.53 Å². The molecule has 0 heterocycles. The van der Waals surface area contributed by atoms with Crippen LogP contribution in [-0.4, -0.2) is 22.8 Å². The van der Waals surface area contributed by atoms with Gasteiger partial charge in [-0.25, -0.2) is 9.59 Å². The van der Waals surface area contributed by atoms with Crippen molar-refractivity contribution in [1.82, 2.24) is 0 Å². The Balaban J connectivity index is 2.81. The zero-order valence-electron chi connectivity index (χ0n) is 11.2. The van der Waals surface area contributed by atoms with Crippen molar-refractivity contribution in [3.63, 3.8) is 0 Å². The smallest absolute Gasteiger partial charge is 0.412 e. The van der Waals surface area contributed by atoms with Crippen molar-refractivity contribution >= 4 is 23.3 Å². The van der Waals surface area contributed by atoms with Gasteiger partial charge in [0, 0.05) is 5.69 Å². The third-order valence-corrected chi connectivity index (χ3v) is 2.11. The van der Waals surface area contributed by atoms with Gasteiger partial charge < -0.3 is 9.84 Å². The van der Waals surface area contributed by atoms with Crippen LogP contribution in [0.4, 0.5) is 10.5 Å². The van der Waals surface area contributed by atoms with Gasteiger partial charge in [-0.05, 0) is 38.5 Å². The predicted octanol–water partition coefficient (Wildman–Crippen LogP) is 3.13. The number of carboxylic acid groups (broad SMARTS) is 1. The van der Waals surface area contributed by atoms with Gasteiger partial charge in [0.15, 0.2) is 0 Å². The summed E-state index contributed by atoms with van der Waals surface area (Å²) < 4.78 is 5.10. The Morgan fingerprint density at radius 3 is 2.47 bits per heavy atom. The molecule has 19 heavy (non-hydrogen) atoms. The normalized spacial score (nSPS) is 10.7. The van der Waals surface area contributed by atoms with Gasteiger partial charge in [-0.1, -0.05) is 18.7 Å². The molecular formula is C14H17NO4. The molecule has 0 spiro atoms. The molecule has 0 unspecified atom stereocenters. The number of hydrogen-bond donors (Lipinski definition) is 2. The Labute approximate surface area is 111 Å². The molecule has 0 atom stereocenters. The molecule has 0 radical (unpaired) electrons. The number of rotatable bonds is 3. The average molecular weight is 263 g/mol. The van der Waals surface area contributed by atoms with Crippen molar-refractivity contribution in [1.29, 1.82) is 0 Å². The predicted molar refractivity (Wildman–Crippen MR) is 73.0 cm³/mol. The molecule has 0 aliphatic rings. The minimum atomic E-state index is -1.10. The van der Waals surface area contributed by atoms with Crippen LogP contribution >= 0.6 is 0 Å². The highest BCUT2D eigenvalue weighted by molar-refractivity contribution is 6.14. The van der Waals surface area contributed by atoms with E-state index in [9.17, 15) is 9.59 Å². The molecule has 1 aromatic carbocycles. The lowest BCUT2D eigenvalue weighted by Gasteiger charge is -2.19. The molecule has 0 fully saturated rings. The molecule has 5 heteroatoms. The SMILES string of the molecule is C=C(C(=O)O)c1cccc(NC(=O)OC(C)(C)C)c1. The highest BCUT2D eigenvalue weighted by atomic mass is 16.6. The van der Waals surface area contributed by atoms with E-state index < -0.39 is 17.7 Å². The summed E-state index contributed by atoms with van der Waals surface area (Å²) in [7, 11) is 0. The third kappa shape index (κ3) is 4.83. The largest absolute Gasteiger partial charge is 0.478 e. The third-order valence-electron chi connectivity index (χ3n) is 2.11. The number of hydrogen-bond acceptors (Lipinski definition) is 3. The topological polar surface area (TPSA) is 75.6 Å². The molecule has 1 amide bonds. The number of carbonyl (C=O) groups is 2. The number of carboxylic acids is 1. The van der Waals surface area contributed by atoms with Gasteiger partial charge in [0.2, 0.25) is 0 Å². The zero-order chi connectivity index (χ0) is 14.6. The van der Waals surface area contributed by atoms with Gasteiger partial charge in [0.05, 0.1) is 5.57 Å². The number of aliphatic carboxylic acids is 1. The highest BCUT2D eigenvalue weighted by Gasteiger charge is 2.16. The average Bonchev–Trinajstić information content (AvgIpc) is 2.25. The molecule has 0 saturated heterocycles. The molecule has 0 bridgehead atoms. The van der Waals surface area contributed by atoms with Gasteiger partial charge >= 0.3 is 12.1 Å². The van der Waals surface area contributed by atoms with E-state index in [0.717, 1.165) is 0 Å². The van der Waals surface area contributed by atoms with Crippen molar-refractivity contribution in [2.45, 2.75) is 26.4 Å². The van der Waals surface area contributed by atoms with Crippen LogP contribution in [0.15, 0.2) is 30.8 Å². The molecular weight excluding hydrogens is 246 g/mol. The molecule has 0 aromatic heterocycles. The molecule has 2 N–H and O–H groups in total. The van der Waals surface area contributed by atoms with E-state index >= 15 is 0 Å². The van der Waals surface area contributed by atoms with Crippen molar-refractivity contribution in [2.75, 3.05) is 5.32 Å². The van der Waals surface area contributed by atoms with Crippen molar-refractivity contribution < 1.29 is 19.4 Å². The van der Waals surface area contributed by atoms with Crippen molar-refractivity contribution in [3.05, 3.63) is 36.4 Å². The number of anilines is 1. The summed E-state index contributed by atoms with van der Waals surface area (Å²) in [5.41, 5.74) is 0.259. The number of carbonyl (C=O) groups excluding carboxylic acids is 1. The Bertz CT molecular complexity index is 514. The fourth-order valence-electron chi connectivity index (χ4n) is 1.33. The van der Waals surface area contributed by atoms with Gasteiger partial charge in [0.1, 0.15) is 5.60 Å². The van der Waals surface area contributed by atoms with Crippen molar-refractivity contribution in [2.24, 2.45) is 0 Å². The van der Waals surface area contributed by atoms with Crippen LogP contribution in [0.1, 0.15) is 26.3 Å². The quantitative estimate of drug-likeness (QED) is 0.821. The van der Waals surface area contributed by atoms with Gasteiger partial charge in [-0.15, -0.1) is 0 Å². The number of ether oxygens (including phenoxy) is 1. The summed E-state index contributed by atoms with van der Waals surface area (Å²) in [5, 5.41) is 11.4. The molecule has 0 aliphatic carbocycles. The fourth-order valence-corrected chi connectivity index (χ4v) is 1.33. The first-order valence-electron chi connectivity index (χ1n) is 5.72. The van der Waals surface area contributed by atoms with E-state index in [1.165, 1.54) is 6.07 Å². The monoisotopic (exact) mass is 263 g/mol. The van der Waals surface area contributed by atoms with Crippen LogP contribution in [0.3, 0.4) is 0 Å². The summed E-state index contributed by atoms with van der Waals surface area (Å²) in [6, 6.07) is 6.41. The second kappa shape index (κ2) is 5.56. The van der Waals surface area contributed by atoms with E-state index in [1.807, 2.05) is 0 Å². The second-order valence-corrected chi connectivity index (χ2v) is 4.99. The van der Waals surface area contributed by atoms with E-state index in [-0.39, 0.29) is 5.57 Å². The van der Waals surface area contributed by atoms with E-state index in [2.05, 4.69) is 11.9 Å². The Kier molecular flexibility index (Phi) is 4.32. The van der Waals surface area contributed by atoms with Gasteiger partial charge in [-0.2, -0.15) is 0 Å². The van der Waals surface area contributed by atoms with Crippen LogP contribution < -0.4 is 5.32 Å². The van der Waals surface area contributed by atoms with E-state index in [1.54, 1.807) is 39.0 Å². The van der Waals surface area contributed by atoms with Crippen LogP contribution in [0, 0.1) is 0 Å². The zero-order valence-corrected chi connectivity index (χ0v) is 11.2. The maximum absolute atomic E-state index is 11.6. The number of amides is 1.